The maximum Gasteiger partial charge on any atom is 0.290 e. The number of fused-ring (bicyclic) bond motifs is 1. The van der Waals surface area contributed by atoms with Gasteiger partial charge in [0.25, 0.3) is 5.91 Å². The third kappa shape index (κ3) is 5.03. The van der Waals surface area contributed by atoms with Crippen LogP contribution >= 0.6 is 0 Å². The number of aryl methyl sites for hydroxylation is 1. The van der Waals surface area contributed by atoms with E-state index in [0.29, 0.717) is 17.4 Å². The SMILES string of the molecule is Cc1ccc2oc(C(=O)N(Cc3ccc(C(C)(C)C)cc3)C3CCS(=O)(=O)C3)cc(=O)c2c1. The number of nitrogens with zero attached hydrogens (tertiary/aromatic N) is 1. The molecule has 0 spiro atoms. The Hall–Kier alpha value is -2.93. The zero-order chi connectivity index (χ0) is 24.0. The van der Waals surface area contributed by atoms with Gasteiger partial charge in [-0.3, -0.25) is 9.59 Å². The van der Waals surface area contributed by atoms with E-state index >= 15 is 0 Å². The second-order valence-corrected chi connectivity index (χ2v) is 12.1. The summed E-state index contributed by atoms with van der Waals surface area (Å²) in [5, 5.41) is 0.416. The average Bonchev–Trinajstić information content (AvgIpc) is 3.11. The van der Waals surface area contributed by atoms with Crippen molar-refractivity contribution < 1.29 is 17.6 Å². The zero-order valence-electron chi connectivity index (χ0n) is 19.4. The standard InChI is InChI=1S/C26H29NO5S/c1-17-5-10-23-21(13-17)22(28)14-24(32-23)25(29)27(20-11-12-33(30,31)16-20)15-18-6-8-19(9-7-18)26(2,3)4/h5-10,13-14,20H,11-12,15-16H2,1-4H3. The number of benzene rings is 2. The molecule has 1 fully saturated rings. The molecule has 0 saturated carbocycles. The number of carbonyl (C=O) groups excluding carboxylic acids is 1. The van der Waals surface area contributed by atoms with Gasteiger partial charge in [0.2, 0.25) is 0 Å². The van der Waals surface area contributed by atoms with Gasteiger partial charge in [-0.15, -0.1) is 0 Å². The first-order valence-electron chi connectivity index (χ1n) is 11.1. The molecule has 0 aliphatic carbocycles. The molecule has 4 rings (SSSR count). The van der Waals surface area contributed by atoms with E-state index in [4.69, 9.17) is 4.42 Å². The minimum atomic E-state index is -3.21. The van der Waals surface area contributed by atoms with Crippen LogP contribution < -0.4 is 5.43 Å². The van der Waals surface area contributed by atoms with Crippen molar-refractivity contribution >= 4 is 26.7 Å². The molecular weight excluding hydrogens is 438 g/mol. The quantitative estimate of drug-likeness (QED) is 0.573. The lowest BCUT2D eigenvalue weighted by Crippen LogP contribution is -2.41. The molecule has 1 atom stereocenters. The number of rotatable bonds is 4. The fourth-order valence-electron chi connectivity index (χ4n) is 4.21. The highest BCUT2D eigenvalue weighted by Gasteiger charge is 2.36. The van der Waals surface area contributed by atoms with Crippen LogP contribution in [0.2, 0.25) is 0 Å². The first kappa shape index (κ1) is 23.2. The molecule has 6 nitrogen and oxygen atoms in total. The Bertz CT molecular complexity index is 1360. The van der Waals surface area contributed by atoms with E-state index in [1.54, 1.807) is 12.1 Å². The zero-order valence-corrected chi connectivity index (χ0v) is 20.2. The van der Waals surface area contributed by atoms with Gasteiger partial charge in [0, 0.05) is 18.7 Å². The van der Waals surface area contributed by atoms with Gasteiger partial charge in [-0.1, -0.05) is 56.7 Å². The minimum absolute atomic E-state index is 0.000420. The molecular formula is C26H29NO5S. The molecule has 0 bridgehead atoms. The van der Waals surface area contributed by atoms with Crippen LogP contribution in [0.1, 0.15) is 54.4 Å². The summed E-state index contributed by atoms with van der Waals surface area (Å²) < 4.78 is 30.1. The number of hydrogen-bond acceptors (Lipinski definition) is 5. The summed E-state index contributed by atoms with van der Waals surface area (Å²) in [6.45, 7) is 8.50. The number of hydrogen-bond donors (Lipinski definition) is 0. The van der Waals surface area contributed by atoms with Crippen molar-refractivity contribution in [3.05, 3.63) is 81.2 Å². The molecule has 33 heavy (non-hydrogen) atoms. The largest absolute Gasteiger partial charge is 0.451 e. The smallest absolute Gasteiger partial charge is 0.290 e. The Labute approximate surface area is 194 Å². The predicted octanol–water partition coefficient (Wildman–Crippen LogP) is 4.23. The van der Waals surface area contributed by atoms with Crippen molar-refractivity contribution in [3.63, 3.8) is 0 Å². The molecule has 3 aromatic rings. The van der Waals surface area contributed by atoms with Gasteiger partial charge in [0.15, 0.2) is 21.0 Å². The third-order valence-electron chi connectivity index (χ3n) is 6.18. The molecule has 0 N–H and O–H groups in total. The molecule has 2 aromatic carbocycles. The highest BCUT2D eigenvalue weighted by molar-refractivity contribution is 7.91. The van der Waals surface area contributed by atoms with Gasteiger partial charge in [0.1, 0.15) is 5.58 Å². The molecule has 2 heterocycles. The van der Waals surface area contributed by atoms with Crippen LogP contribution in [0.3, 0.4) is 0 Å². The van der Waals surface area contributed by atoms with Crippen LogP contribution in [-0.2, 0) is 21.8 Å². The van der Waals surface area contributed by atoms with Crippen molar-refractivity contribution in [2.24, 2.45) is 0 Å². The van der Waals surface area contributed by atoms with E-state index in [-0.39, 0.29) is 34.7 Å². The van der Waals surface area contributed by atoms with Crippen molar-refractivity contribution in [2.75, 3.05) is 11.5 Å². The van der Waals surface area contributed by atoms with Gasteiger partial charge >= 0.3 is 0 Å². The molecule has 0 radical (unpaired) electrons. The van der Waals surface area contributed by atoms with E-state index in [2.05, 4.69) is 20.8 Å². The summed E-state index contributed by atoms with van der Waals surface area (Å²) in [6.07, 6.45) is 0.366. The van der Waals surface area contributed by atoms with Gasteiger partial charge < -0.3 is 9.32 Å². The Morgan fingerprint density at radius 3 is 2.39 bits per heavy atom. The van der Waals surface area contributed by atoms with Gasteiger partial charge in [-0.05, 0) is 42.0 Å². The van der Waals surface area contributed by atoms with Crippen LogP contribution in [0.5, 0.6) is 0 Å². The van der Waals surface area contributed by atoms with E-state index < -0.39 is 21.8 Å². The Morgan fingerprint density at radius 1 is 1.09 bits per heavy atom. The lowest BCUT2D eigenvalue weighted by molar-refractivity contribution is 0.0648. The second-order valence-electron chi connectivity index (χ2n) is 9.91. The highest BCUT2D eigenvalue weighted by atomic mass is 32.2. The molecule has 1 aliphatic heterocycles. The van der Waals surface area contributed by atoms with Crippen molar-refractivity contribution in [1.82, 2.24) is 4.90 Å². The predicted molar refractivity (Wildman–Crippen MR) is 129 cm³/mol. The fourth-order valence-corrected chi connectivity index (χ4v) is 5.94. The summed E-state index contributed by atoms with van der Waals surface area (Å²) >= 11 is 0. The van der Waals surface area contributed by atoms with Crippen LogP contribution in [0.15, 0.2) is 57.7 Å². The summed E-state index contributed by atoms with van der Waals surface area (Å²) in [5.41, 5.74) is 3.02. The first-order chi connectivity index (χ1) is 15.4. The molecule has 1 saturated heterocycles. The van der Waals surface area contributed by atoms with Crippen LogP contribution in [-0.4, -0.2) is 36.8 Å². The van der Waals surface area contributed by atoms with Gasteiger partial charge in [-0.25, -0.2) is 8.42 Å². The normalized spacial score (nSPS) is 17.9. The van der Waals surface area contributed by atoms with Crippen LogP contribution in [0, 0.1) is 6.92 Å². The van der Waals surface area contributed by atoms with Crippen LogP contribution in [0.4, 0.5) is 0 Å². The first-order valence-corrected chi connectivity index (χ1v) is 12.9. The van der Waals surface area contributed by atoms with Crippen LogP contribution in [0.25, 0.3) is 11.0 Å². The van der Waals surface area contributed by atoms with E-state index in [0.717, 1.165) is 11.1 Å². The summed E-state index contributed by atoms with van der Waals surface area (Å²) in [7, 11) is -3.21. The molecule has 174 valence electrons. The monoisotopic (exact) mass is 467 g/mol. The molecule has 1 aromatic heterocycles. The van der Waals surface area contributed by atoms with Crippen molar-refractivity contribution in [3.8, 4) is 0 Å². The molecule has 1 amide bonds. The number of amides is 1. The van der Waals surface area contributed by atoms with Crippen molar-refractivity contribution in [1.29, 1.82) is 0 Å². The van der Waals surface area contributed by atoms with Crippen molar-refractivity contribution in [2.45, 2.75) is 52.1 Å². The number of sulfone groups is 1. The maximum atomic E-state index is 13.5. The maximum absolute atomic E-state index is 13.5. The summed E-state index contributed by atoms with van der Waals surface area (Å²) in [6, 6.07) is 14.0. The summed E-state index contributed by atoms with van der Waals surface area (Å²) in [4.78, 5) is 27.7. The fraction of sp³-hybridized carbons (Fsp3) is 0.385. The second kappa shape index (κ2) is 8.45. The number of carbonyl (C=O) groups is 1. The Kier molecular flexibility index (Phi) is 5.95. The average molecular weight is 468 g/mol. The lowest BCUT2D eigenvalue weighted by Gasteiger charge is -2.28. The molecule has 1 unspecified atom stereocenters. The van der Waals surface area contributed by atoms with Gasteiger partial charge in [0.05, 0.1) is 16.9 Å². The third-order valence-corrected chi connectivity index (χ3v) is 7.93. The Balaban J connectivity index is 1.70. The highest BCUT2D eigenvalue weighted by Crippen LogP contribution is 2.26. The lowest BCUT2D eigenvalue weighted by atomic mass is 9.86. The Morgan fingerprint density at radius 2 is 1.79 bits per heavy atom. The van der Waals surface area contributed by atoms with Gasteiger partial charge in [-0.2, -0.15) is 0 Å². The van der Waals surface area contributed by atoms with E-state index in [1.807, 2.05) is 37.3 Å². The van der Waals surface area contributed by atoms with E-state index in [1.165, 1.54) is 16.5 Å². The molecule has 1 aliphatic rings. The van der Waals surface area contributed by atoms with E-state index in [9.17, 15) is 18.0 Å². The summed E-state index contributed by atoms with van der Waals surface area (Å²) in [5.74, 6) is -0.593. The topological polar surface area (TPSA) is 84.7 Å². The minimum Gasteiger partial charge on any atom is -0.451 e. The molecule has 7 heteroatoms.